The van der Waals surface area contributed by atoms with E-state index < -0.39 is 0 Å². The fraction of sp³-hybridized carbons (Fsp3) is 0.571. The van der Waals surface area contributed by atoms with Gasteiger partial charge in [0.2, 0.25) is 0 Å². The summed E-state index contributed by atoms with van der Waals surface area (Å²) < 4.78 is 5.59. The smallest absolute Gasteiger partial charge is 0.255 e. The Hall–Kier alpha value is -1.62. The van der Waals surface area contributed by atoms with Crippen LogP contribution in [0.25, 0.3) is 0 Å². The molecule has 0 aromatic carbocycles. The zero-order valence-electron chi connectivity index (χ0n) is 11.6. The molecule has 104 valence electrons. The Morgan fingerprint density at radius 1 is 1.47 bits per heavy atom. The SMILES string of the molecule is CCOC1CCN(C(=O)c2ccc(NC)nc2)CC1. The van der Waals surface area contributed by atoms with Gasteiger partial charge in [0.25, 0.3) is 5.91 Å². The molecule has 1 saturated heterocycles. The average Bonchev–Trinajstić information content (AvgIpc) is 2.48. The Morgan fingerprint density at radius 2 is 2.21 bits per heavy atom. The lowest BCUT2D eigenvalue weighted by atomic mass is 10.1. The topological polar surface area (TPSA) is 54.5 Å². The zero-order valence-corrected chi connectivity index (χ0v) is 11.6. The standard InChI is InChI=1S/C14H21N3O2/c1-3-19-12-6-8-17(9-7-12)14(18)11-4-5-13(15-2)16-10-11/h4-5,10,12H,3,6-9H2,1-2H3,(H,15,16). The molecular weight excluding hydrogens is 242 g/mol. The van der Waals surface area contributed by atoms with Crippen LogP contribution < -0.4 is 5.32 Å². The summed E-state index contributed by atoms with van der Waals surface area (Å²) in [5.41, 5.74) is 0.647. The van der Waals surface area contributed by atoms with Crippen molar-refractivity contribution in [1.82, 2.24) is 9.88 Å². The maximum atomic E-state index is 12.3. The lowest BCUT2D eigenvalue weighted by molar-refractivity contribution is 0.0146. The summed E-state index contributed by atoms with van der Waals surface area (Å²) in [6.45, 7) is 4.27. The van der Waals surface area contributed by atoms with E-state index in [9.17, 15) is 4.79 Å². The van der Waals surface area contributed by atoms with Crippen LogP contribution >= 0.6 is 0 Å². The molecule has 0 aliphatic carbocycles. The molecule has 1 fully saturated rings. The number of ether oxygens (including phenoxy) is 1. The van der Waals surface area contributed by atoms with Crippen molar-refractivity contribution in [3.63, 3.8) is 0 Å². The molecule has 1 aliphatic heterocycles. The Morgan fingerprint density at radius 3 is 2.74 bits per heavy atom. The van der Waals surface area contributed by atoms with Crippen molar-refractivity contribution in [3.05, 3.63) is 23.9 Å². The second kappa shape index (κ2) is 6.52. The Labute approximate surface area is 114 Å². The van der Waals surface area contributed by atoms with Crippen LogP contribution in [0.3, 0.4) is 0 Å². The number of aromatic nitrogens is 1. The number of carbonyl (C=O) groups excluding carboxylic acids is 1. The maximum Gasteiger partial charge on any atom is 0.255 e. The molecule has 1 aromatic rings. The Balaban J connectivity index is 1.93. The van der Waals surface area contributed by atoms with E-state index in [0.29, 0.717) is 11.7 Å². The number of likely N-dealkylation sites (tertiary alicyclic amines) is 1. The molecule has 1 aromatic heterocycles. The highest BCUT2D eigenvalue weighted by molar-refractivity contribution is 5.94. The molecule has 0 bridgehead atoms. The number of piperidine rings is 1. The first-order chi connectivity index (χ1) is 9.24. The van der Waals surface area contributed by atoms with E-state index in [4.69, 9.17) is 4.74 Å². The molecule has 0 saturated carbocycles. The Kier molecular flexibility index (Phi) is 4.74. The monoisotopic (exact) mass is 263 g/mol. The van der Waals surface area contributed by atoms with E-state index in [1.54, 1.807) is 6.20 Å². The summed E-state index contributed by atoms with van der Waals surface area (Å²) >= 11 is 0. The fourth-order valence-corrected chi connectivity index (χ4v) is 2.31. The average molecular weight is 263 g/mol. The summed E-state index contributed by atoms with van der Waals surface area (Å²) in [5.74, 6) is 0.830. The number of pyridine rings is 1. The van der Waals surface area contributed by atoms with Crippen LogP contribution in [0.1, 0.15) is 30.1 Å². The number of nitrogens with zero attached hydrogens (tertiary/aromatic N) is 2. The minimum atomic E-state index is 0.0603. The number of nitrogens with one attached hydrogen (secondary N) is 1. The van der Waals surface area contributed by atoms with Gasteiger partial charge in [-0.3, -0.25) is 4.79 Å². The lowest BCUT2D eigenvalue weighted by Gasteiger charge is -2.31. The molecule has 0 unspecified atom stereocenters. The summed E-state index contributed by atoms with van der Waals surface area (Å²) in [5, 5.41) is 2.94. The number of rotatable bonds is 4. The van der Waals surface area contributed by atoms with Gasteiger partial charge in [-0.05, 0) is 31.9 Å². The molecule has 1 amide bonds. The van der Waals surface area contributed by atoms with E-state index in [-0.39, 0.29) is 5.91 Å². The second-order valence-corrected chi connectivity index (χ2v) is 4.63. The quantitative estimate of drug-likeness (QED) is 0.899. The van der Waals surface area contributed by atoms with E-state index in [2.05, 4.69) is 10.3 Å². The van der Waals surface area contributed by atoms with Crippen molar-refractivity contribution in [1.29, 1.82) is 0 Å². The van der Waals surface area contributed by atoms with Crippen molar-refractivity contribution >= 4 is 11.7 Å². The molecule has 2 rings (SSSR count). The van der Waals surface area contributed by atoms with Crippen LogP contribution in [-0.2, 0) is 4.74 Å². The molecule has 1 N–H and O–H groups in total. The van der Waals surface area contributed by atoms with E-state index in [1.807, 2.05) is 31.0 Å². The summed E-state index contributed by atoms with van der Waals surface area (Å²) in [7, 11) is 1.81. The highest BCUT2D eigenvalue weighted by Crippen LogP contribution is 2.16. The van der Waals surface area contributed by atoms with Gasteiger partial charge in [-0.15, -0.1) is 0 Å². The molecule has 5 heteroatoms. The second-order valence-electron chi connectivity index (χ2n) is 4.63. The number of carbonyl (C=O) groups is 1. The van der Waals surface area contributed by atoms with Gasteiger partial charge in [-0.25, -0.2) is 4.98 Å². The summed E-state index contributed by atoms with van der Waals surface area (Å²) in [6.07, 6.45) is 3.77. The van der Waals surface area contributed by atoms with Crippen molar-refractivity contribution in [2.45, 2.75) is 25.9 Å². The first-order valence-corrected chi connectivity index (χ1v) is 6.79. The minimum absolute atomic E-state index is 0.0603. The van der Waals surface area contributed by atoms with Gasteiger partial charge in [0.1, 0.15) is 5.82 Å². The van der Waals surface area contributed by atoms with E-state index in [0.717, 1.165) is 38.4 Å². The molecular formula is C14H21N3O2. The first-order valence-electron chi connectivity index (χ1n) is 6.79. The van der Waals surface area contributed by atoms with Crippen LogP contribution in [-0.4, -0.2) is 48.6 Å². The number of amides is 1. The van der Waals surface area contributed by atoms with Gasteiger partial charge in [0.05, 0.1) is 11.7 Å². The van der Waals surface area contributed by atoms with Crippen molar-refractivity contribution < 1.29 is 9.53 Å². The van der Waals surface area contributed by atoms with Crippen molar-refractivity contribution in [2.24, 2.45) is 0 Å². The number of anilines is 1. The zero-order chi connectivity index (χ0) is 13.7. The Bertz CT molecular complexity index is 411. The largest absolute Gasteiger partial charge is 0.378 e. The molecule has 1 aliphatic rings. The molecule has 2 heterocycles. The molecule has 0 spiro atoms. The third-order valence-corrected chi connectivity index (χ3v) is 3.40. The van der Waals surface area contributed by atoms with Crippen LogP contribution in [0.15, 0.2) is 18.3 Å². The van der Waals surface area contributed by atoms with Gasteiger partial charge in [-0.2, -0.15) is 0 Å². The van der Waals surface area contributed by atoms with Gasteiger partial charge >= 0.3 is 0 Å². The van der Waals surface area contributed by atoms with Gasteiger partial charge in [0, 0.05) is 32.9 Å². The van der Waals surface area contributed by atoms with E-state index in [1.165, 1.54) is 0 Å². The van der Waals surface area contributed by atoms with Crippen LogP contribution in [0.4, 0.5) is 5.82 Å². The van der Waals surface area contributed by atoms with Gasteiger partial charge in [0.15, 0.2) is 0 Å². The molecule has 0 radical (unpaired) electrons. The van der Waals surface area contributed by atoms with Crippen LogP contribution in [0, 0.1) is 0 Å². The highest BCUT2D eigenvalue weighted by Gasteiger charge is 2.23. The summed E-state index contributed by atoms with van der Waals surface area (Å²) in [6, 6.07) is 3.63. The fourth-order valence-electron chi connectivity index (χ4n) is 2.31. The molecule has 19 heavy (non-hydrogen) atoms. The van der Waals surface area contributed by atoms with Gasteiger partial charge < -0.3 is 15.0 Å². The molecule has 5 nitrogen and oxygen atoms in total. The number of hydrogen-bond acceptors (Lipinski definition) is 4. The lowest BCUT2D eigenvalue weighted by Crippen LogP contribution is -2.40. The predicted octanol–water partition coefficient (Wildman–Crippen LogP) is 1.76. The molecule has 0 atom stereocenters. The van der Waals surface area contributed by atoms with Gasteiger partial charge in [-0.1, -0.05) is 0 Å². The van der Waals surface area contributed by atoms with Crippen LogP contribution in [0.2, 0.25) is 0 Å². The predicted molar refractivity (Wildman–Crippen MR) is 74.3 cm³/mol. The third kappa shape index (κ3) is 3.44. The van der Waals surface area contributed by atoms with Crippen LogP contribution in [0.5, 0.6) is 0 Å². The highest BCUT2D eigenvalue weighted by atomic mass is 16.5. The van der Waals surface area contributed by atoms with Crippen molar-refractivity contribution in [2.75, 3.05) is 32.1 Å². The minimum Gasteiger partial charge on any atom is -0.378 e. The number of hydrogen-bond donors (Lipinski definition) is 1. The van der Waals surface area contributed by atoms with E-state index >= 15 is 0 Å². The first kappa shape index (κ1) is 13.8. The normalized spacial score (nSPS) is 16.4. The summed E-state index contributed by atoms with van der Waals surface area (Å²) in [4.78, 5) is 18.3. The van der Waals surface area contributed by atoms with Crippen molar-refractivity contribution in [3.8, 4) is 0 Å². The third-order valence-electron chi connectivity index (χ3n) is 3.40. The maximum absolute atomic E-state index is 12.3.